The quantitative estimate of drug-likeness (QED) is 0.598. The molecular weight excluding hydrogens is 423 g/mol. The number of halogens is 1. The van der Waals surface area contributed by atoms with Gasteiger partial charge in [-0.15, -0.1) is 0 Å². The third-order valence-electron chi connectivity index (χ3n) is 9.99. The number of carbonyl (C=O) groups is 2. The van der Waals surface area contributed by atoms with E-state index in [9.17, 15) is 14.0 Å². The lowest BCUT2D eigenvalue weighted by atomic mass is 9.42. The summed E-state index contributed by atoms with van der Waals surface area (Å²) in [5.74, 6) is 2.00. The number of rotatable bonds is 1. The number of amidine groups is 1. The minimum atomic E-state index is -0.389. The Morgan fingerprint density at radius 2 is 1.97 bits per heavy atom. The standard InChI is InChI=1S/C26H31FN2O2S/c1-24-10-9-20-18(19(24)6-7-21(24)31)13-22-26(14-17(30)8-11-25(20,26)2)29-23(32-22)28-16-5-3-4-15(27)12-16/h3-5,12,18-20,22H,6-11,13-14H2,1-2H3,(H,28,29)/t18-,19-,20-,22-,24-,25+,26-/m0/s1. The van der Waals surface area contributed by atoms with Gasteiger partial charge in [-0.1, -0.05) is 31.7 Å². The monoisotopic (exact) mass is 454 g/mol. The first kappa shape index (κ1) is 20.9. The van der Waals surface area contributed by atoms with Crippen LogP contribution >= 0.6 is 11.8 Å². The van der Waals surface area contributed by atoms with E-state index in [4.69, 9.17) is 4.99 Å². The first-order valence-corrected chi connectivity index (χ1v) is 13.0. The minimum absolute atomic E-state index is 0.0418. The fourth-order valence-electron chi connectivity index (χ4n) is 8.29. The lowest BCUT2D eigenvalue weighted by Gasteiger charge is -2.63. The highest BCUT2D eigenvalue weighted by atomic mass is 32.2. The number of anilines is 1. The second kappa shape index (κ2) is 6.91. The van der Waals surface area contributed by atoms with Crippen LogP contribution in [0.5, 0.6) is 0 Å². The van der Waals surface area contributed by atoms with E-state index < -0.39 is 0 Å². The molecule has 32 heavy (non-hydrogen) atoms. The number of aliphatic imine (C=N–C) groups is 1. The molecule has 6 heteroatoms. The lowest BCUT2D eigenvalue weighted by molar-refractivity contribution is -0.146. The molecule has 0 bridgehead atoms. The Hall–Kier alpha value is -1.69. The van der Waals surface area contributed by atoms with Crippen molar-refractivity contribution in [2.45, 2.75) is 76.0 Å². The van der Waals surface area contributed by atoms with Gasteiger partial charge in [0.05, 0.1) is 5.54 Å². The van der Waals surface area contributed by atoms with Gasteiger partial charge >= 0.3 is 0 Å². The molecule has 1 aliphatic heterocycles. The predicted molar refractivity (Wildman–Crippen MR) is 125 cm³/mol. The summed E-state index contributed by atoms with van der Waals surface area (Å²) < 4.78 is 13.8. The van der Waals surface area contributed by atoms with Crippen molar-refractivity contribution in [3.8, 4) is 0 Å². The Labute approximate surface area is 193 Å². The van der Waals surface area contributed by atoms with Crippen LogP contribution < -0.4 is 5.32 Å². The third kappa shape index (κ3) is 2.71. The fraction of sp³-hybridized carbons (Fsp3) is 0.654. The summed E-state index contributed by atoms with van der Waals surface area (Å²) in [5, 5.41) is 4.39. The van der Waals surface area contributed by atoms with Gasteiger partial charge in [0.15, 0.2) is 5.17 Å². The van der Waals surface area contributed by atoms with Crippen LogP contribution in [0.2, 0.25) is 0 Å². The van der Waals surface area contributed by atoms with Crippen LogP contribution in [0, 0.1) is 34.4 Å². The molecule has 4 fully saturated rings. The zero-order chi connectivity index (χ0) is 22.3. The first-order chi connectivity index (χ1) is 15.2. The smallest absolute Gasteiger partial charge is 0.162 e. The number of hydrogen-bond acceptors (Lipinski definition) is 5. The molecular formula is C26H31FN2O2S. The Kier molecular flexibility index (Phi) is 4.51. The van der Waals surface area contributed by atoms with Crippen LogP contribution in [0.25, 0.3) is 0 Å². The lowest BCUT2D eigenvalue weighted by Crippen LogP contribution is -2.65. The molecule has 7 atom stereocenters. The molecule has 0 saturated heterocycles. The molecule has 170 valence electrons. The maximum atomic E-state index is 13.8. The Morgan fingerprint density at radius 3 is 2.78 bits per heavy atom. The van der Waals surface area contributed by atoms with Crippen LogP contribution in [-0.4, -0.2) is 27.5 Å². The van der Waals surface area contributed by atoms with E-state index in [-0.39, 0.29) is 27.4 Å². The van der Waals surface area contributed by atoms with Gasteiger partial charge in [-0.3, -0.25) is 14.6 Å². The van der Waals surface area contributed by atoms with E-state index in [0.717, 1.165) is 43.7 Å². The highest BCUT2D eigenvalue weighted by Gasteiger charge is 2.69. The molecule has 0 aromatic heterocycles. The van der Waals surface area contributed by atoms with Crippen molar-refractivity contribution in [1.82, 2.24) is 0 Å². The van der Waals surface area contributed by atoms with Gasteiger partial charge in [0.2, 0.25) is 0 Å². The highest BCUT2D eigenvalue weighted by molar-refractivity contribution is 8.15. The number of fused-ring (bicyclic) bond motifs is 4. The van der Waals surface area contributed by atoms with E-state index in [1.165, 1.54) is 12.1 Å². The SMILES string of the molecule is C[C@]12CC[C@H]3[C@@H](C[C@@H]4SC(Nc5cccc(F)c5)=N[C@@]45CC(=O)CC[C@]35C)[C@@H]1CCC2=O. The predicted octanol–water partition coefficient (Wildman–Crippen LogP) is 5.62. The number of benzene rings is 1. The molecule has 1 aromatic carbocycles. The molecule has 5 aliphatic rings. The average Bonchev–Trinajstić information content (AvgIpc) is 3.24. The van der Waals surface area contributed by atoms with E-state index in [1.54, 1.807) is 17.8 Å². The van der Waals surface area contributed by atoms with E-state index >= 15 is 0 Å². The largest absolute Gasteiger partial charge is 0.335 e. The van der Waals surface area contributed by atoms with Gasteiger partial charge in [-0.05, 0) is 73.5 Å². The molecule has 4 saturated carbocycles. The summed E-state index contributed by atoms with van der Waals surface area (Å²) in [6.45, 7) is 4.60. The molecule has 0 amide bonds. The number of Topliss-reactive ketones (excluding diaryl/α,β-unsaturated/α-hetero) is 2. The van der Waals surface area contributed by atoms with Gasteiger partial charge in [-0.2, -0.15) is 0 Å². The van der Waals surface area contributed by atoms with Gasteiger partial charge in [-0.25, -0.2) is 4.39 Å². The molecule has 1 N–H and O–H groups in total. The van der Waals surface area contributed by atoms with Crippen LogP contribution in [0.1, 0.15) is 65.2 Å². The highest BCUT2D eigenvalue weighted by Crippen LogP contribution is 2.70. The van der Waals surface area contributed by atoms with Crippen molar-refractivity contribution in [2.24, 2.45) is 33.6 Å². The minimum Gasteiger partial charge on any atom is -0.335 e. The Morgan fingerprint density at radius 1 is 1.12 bits per heavy atom. The van der Waals surface area contributed by atoms with Gasteiger partial charge in [0, 0.05) is 35.6 Å². The zero-order valence-electron chi connectivity index (χ0n) is 18.8. The molecule has 6 rings (SSSR count). The Balaban J connectivity index is 1.39. The fourth-order valence-corrected chi connectivity index (χ4v) is 9.87. The average molecular weight is 455 g/mol. The van der Waals surface area contributed by atoms with Crippen LogP contribution in [0.15, 0.2) is 29.3 Å². The van der Waals surface area contributed by atoms with Gasteiger partial charge in [0.1, 0.15) is 17.4 Å². The molecule has 4 nitrogen and oxygen atoms in total. The van der Waals surface area contributed by atoms with Crippen molar-refractivity contribution in [2.75, 3.05) is 5.32 Å². The molecule has 1 heterocycles. The Bertz CT molecular complexity index is 1040. The summed E-state index contributed by atoms with van der Waals surface area (Å²) in [6, 6.07) is 6.48. The van der Waals surface area contributed by atoms with E-state index in [0.29, 0.717) is 47.8 Å². The molecule has 4 aliphatic carbocycles. The zero-order valence-corrected chi connectivity index (χ0v) is 19.6. The summed E-state index contributed by atoms with van der Waals surface area (Å²) in [6.07, 6.45) is 6.85. The molecule has 1 aromatic rings. The van der Waals surface area contributed by atoms with Crippen LogP contribution in [0.4, 0.5) is 10.1 Å². The summed E-state index contributed by atoms with van der Waals surface area (Å²) in [4.78, 5) is 30.8. The molecule has 0 unspecified atom stereocenters. The summed E-state index contributed by atoms with van der Waals surface area (Å²) >= 11 is 1.74. The van der Waals surface area contributed by atoms with Crippen molar-refractivity contribution in [3.63, 3.8) is 0 Å². The number of ketones is 2. The number of thioether (sulfide) groups is 1. The van der Waals surface area contributed by atoms with Gasteiger partial charge < -0.3 is 5.32 Å². The summed E-state index contributed by atoms with van der Waals surface area (Å²) in [7, 11) is 0. The van der Waals surface area contributed by atoms with Gasteiger partial charge in [0.25, 0.3) is 0 Å². The first-order valence-electron chi connectivity index (χ1n) is 12.1. The van der Waals surface area contributed by atoms with Crippen molar-refractivity contribution in [1.29, 1.82) is 0 Å². The van der Waals surface area contributed by atoms with Crippen LogP contribution in [-0.2, 0) is 9.59 Å². The maximum Gasteiger partial charge on any atom is 0.162 e. The maximum absolute atomic E-state index is 13.8. The third-order valence-corrected chi connectivity index (χ3v) is 11.3. The molecule has 0 radical (unpaired) electrons. The number of hydrogen-bond donors (Lipinski definition) is 1. The number of nitrogens with zero attached hydrogens (tertiary/aromatic N) is 1. The summed E-state index contributed by atoms with van der Waals surface area (Å²) in [5.41, 5.74) is 0.107. The van der Waals surface area contributed by atoms with Crippen molar-refractivity contribution in [3.05, 3.63) is 30.1 Å². The number of carbonyl (C=O) groups excluding carboxylic acids is 2. The number of nitrogens with one attached hydrogen (secondary N) is 1. The topological polar surface area (TPSA) is 58.5 Å². The normalized spacial score (nSPS) is 44.9. The van der Waals surface area contributed by atoms with E-state index in [1.807, 2.05) is 6.07 Å². The van der Waals surface area contributed by atoms with E-state index in [2.05, 4.69) is 19.2 Å². The van der Waals surface area contributed by atoms with Crippen molar-refractivity contribution >= 4 is 34.2 Å². The van der Waals surface area contributed by atoms with Crippen LogP contribution in [0.3, 0.4) is 0 Å². The van der Waals surface area contributed by atoms with Crippen molar-refractivity contribution < 1.29 is 14.0 Å². The second-order valence-corrected chi connectivity index (χ2v) is 12.4. The second-order valence-electron chi connectivity index (χ2n) is 11.2. The molecule has 1 spiro atoms.